The summed E-state index contributed by atoms with van der Waals surface area (Å²) in [5.74, 6) is -1.37. The number of carbonyl (C=O) groups excluding carboxylic acids is 3. The van der Waals surface area contributed by atoms with E-state index in [9.17, 15) is 14.4 Å². The number of ether oxygens (including phenoxy) is 1. The summed E-state index contributed by atoms with van der Waals surface area (Å²) in [4.78, 5) is 37.9. The number of likely N-dealkylation sites (tertiary alicyclic amines) is 1. The molecular formula is C18H21ClN2O4. The van der Waals surface area contributed by atoms with Gasteiger partial charge in [-0.15, -0.1) is 0 Å². The van der Waals surface area contributed by atoms with Gasteiger partial charge in [-0.05, 0) is 37.1 Å². The van der Waals surface area contributed by atoms with E-state index in [4.69, 9.17) is 16.3 Å². The lowest BCUT2D eigenvalue weighted by molar-refractivity contribution is -0.151. The molecule has 3 rings (SSSR count). The summed E-state index contributed by atoms with van der Waals surface area (Å²) < 4.78 is 5.09. The number of nitrogens with zero attached hydrogens (tertiary/aromatic N) is 1. The minimum Gasteiger partial charge on any atom is -0.455 e. The van der Waals surface area contributed by atoms with Gasteiger partial charge in [-0.25, -0.2) is 0 Å². The number of anilines is 1. The van der Waals surface area contributed by atoms with Gasteiger partial charge in [0.2, 0.25) is 5.91 Å². The third-order valence-electron chi connectivity index (χ3n) is 4.73. The van der Waals surface area contributed by atoms with Crippen LogP contribution in [0.2, 0.25) is 5.02 Å². The topological polar surface area (TPSA) is 75.7 Å². The van der Waals surface area contributed by atoms with E-state index in [1.165, 1.54) is 0 Å². The first-order chi connectivity index (χ1) is 12.0. The number of carbonyl (C=O) groups is 3. The molecule has 0 aromatic heterocycles. The highest BCUT2D eigenvalue weighted by Crippen LogP contribution is 2.29. The van der Waals surface area contributed by atoms with E-state index < -0.39 is 17.8 Å². The van der Waals surface area contributed by atoms with Gasteiger partial charge in [0.05, 0.1) is 5.92 Å². The van der Waals surface area contributed by atoms with E-state index >= 15 is 0 Å². The zero-order chi connectivity index (χ0) is 17.8. The van der Waals surface area contributed by atoms with Crippen LogP contribution in [-0.4, -0.2) is 41.9 Å². The molecule has 1 saturated heterocycles. The number of hydrogen-bond donors (Lipinski definition) is 1. The predicted octanol–water partition coefficient (Wildman–Crippen LogP) is 2.61. The Morgan fingerprint density at radius 3 is 2.56 bits per heavy atom. The van der Waals surface area contributed by atoms with Crippen LogP contribution in [0.25, 0.3) is 0 Å². The third-order valence-corrected chi connectivity index (χ3v) is 4.98. The molecule has 1 aromatic rings. The number of amides is 2. The first-order valence-electron chi connectivity index (χ1n) is 8.54. The molecule has 0 unspecified atom stereocenters. The Kier molecular flexibility index (Phi) is 5.58. The van der Waals surface area contributed by atoms with Gasteiger partial charge in [0.25, 0.3) is 5.91 Å². The minimum absolute atomic E-state index is 0.0134. The van der Waals surface area contributed by atoms with Crippen LogP contribution < -0.4 is 5.32 Å². The van der Waals surface area contributed by atoms with Gasteiger partial charge in [0.15, 0.2) is 6.61 Å². The highest BCUT2D eigenvalue weighted by Gasteiger charge is 2.39. The lowest BCUT2D eigenvalue weighted by Gasteiger charge is -2.23. The lowest BCUT2D eigenvalue weighted by atomic mass is 10.1. The molecule has 0 radical (unpaired) electrons. The molecule has 0 spiro atoms. The summed E-state index contributed by atoms with van der Waals surface area (Å²) in [7, 11) is 0. The number of halogens is 1. The van der Waals surface area contributed by atoms with Crippen molar-refractivity contribution in [3.8, 4) is 0 Å². The van der Waals surface area contributed by atoms with Gasteiger partial charge < -0.3 is 15.0 Å². The van der Waals surface area contributed by atoms with Crippen molar-refractivity contribution in [2.45, 2.75) is 38.1 Å². The van der Waals surface area contributed by atoms with Crippen LogP contribution in [0.5, 0.6) is 0 Å². The van der Waals surface area contributed by atoms with Crippen molar-refractivity contribution in [3.63, 3.8) is 0 Å². The zero-order valence-corrected chi connectivity index (χ0v) is 14.6. The highest BCUT2D eigenvalue weighted by molar-refractivity contribution is 6.30. The highest BCUT2D eigenvalue weighted by atomic mass is 35.5. The van der Waals surface area contributed by atoms with Crippen LogP contribution in [0.1, 0.15) is 32.1 Å². The smallest absolute Gasteiger partial charge is 0.311 e. The Morgan fingerprint density at radius 1 is 1.20 bits per heavy atom. The molecule has 7 heteroatoms. The molecular weight excluding hydrogens is 344 g/mol. The van der Waals surface area contributed by atoms with E-state index in [-0.39, 0.29) is 25.0 Å². The van der Waals surface area contributed by atoms with E-state index in [2.05, 4.69) is 5.32 Å². The summed E-state index contributed by atoms with van der Waals surface area (Å²) in [6.45, 7) is 0.0384. The van der Waals surface area contributed by atoms with Crippen molar-refractivity contribution < 1.29 is 19.1 Å². The van der Waals surface area contributed by atoms with Crippen LogP contribution in [0.4, 0.5) is 5.69 Å². The maximum absolute atomic E-state index is 12.2. The molecule has 1 aliphatic carbocycles. The fourth-order valence-electron chi connectivity index (χ4n) is 3.44. The normalized spacial score (nSPS) is 20.8. The number of hydrogen-bond acceptors (Lipinski definition) is 4. The average Bonchev–Trinajstić information content (AvgIpc) is 3.24. The Labute approximate surface area is 151 Å². The molecule has 1 atom stereocenters. The third kappa shape index (κ3) is 4.51. The summed E-state index contributed by atoms with van der Waals surface area (Å²) in [6, 6.07) is 6.91. The number of benzene rings is 1. The van der Waals surface area contributed by atoms with E-state index in [0.29, 0.717) is 17.3 Å². The van der Waals surface area contributed by atoms with Crippen LogP contribution in [0.15, 0.2) is 24.3 Å². The van der Waals surface area contributed by atoms with Gasteiger partial charge in [-0.2, -0.15) is 0 Å². The van der Waals surface area contributed by atoms with Crippen molar-refractivity contribution in [1.82, 2.24) is 4.90 Å². The Bertz CT molecular complexity index is 656. The Balaban J connectivity index is 1.45. The van der Waals surface area contributed by atoms with Gasteiger partial charge >= 0.3 is 5.97 Å². The van der Waals surface area contributed by atoms with Crippen LogP contribution in [-0.2, 0) is 19.1 Å². The van der Waals surface area contributed by atoms with Crippen LogP contribution >= 0.6 is 11.6 Å². The molecule has 2 fully saturated rings. The minimum atomic E-state index is -0.486. The second kappa shape index (κ2) is 7.87. The second-order valence-corrected chi connectivity index (χ2v) is 6.98. The van der Waals surface area contributed by atoms with Gasteiger partial charge in [-0.1, -0.05) is 24.4 Å². The quantitative estimate of drug-likeness (QED) is 0.815. The SMILES string of the molecule is O=C(COC(=O)[C@@H]1CC(=O)N(C2CCCC2)C1)Nc1ccc(Cl)cc1. The van der Waals surface area contributed by atoms with E-state index in [1.54, 1.807) is 24.3 Å². The molecule has 25 heavy (non-hydrogen) atoms. The second-order valence-electron chi connectivity index (χ2n) is 6.55. The van der Waals surface area contributed by atoms with E-state index in [0.717, 1.165) is 25.7 Å². The zero-order valence-electron chi connectivity index (χ0n) is 13.9. The molecule has 2 aliphatic rings. The summed E-state index contributed by atoms with van der Waals surface area (Å²) in [5.41, 5.74) is 0.578. The summed E-state index contributed by atoms with van der Waals surface area (Å²) in [6.07, 6.45) is 4.46. The molecule has 1 heterocycles. The van der Waals surface area contributed by atoms with Crippen molar-refractivity contribution in [2.75, 3.05) is 18.5 Å². The lowest BCUT2D eigenvalue weighted by Crippen LogP contribution is -2.35. The first-order valence-corrected chi connectivity index (χ1v) is 8.92. The molecule has 2 amide bonds. The van der Waals surface area contributed by atoms with Crippen molar-refractivity contribution >= 4 is 35.1 Å². The fourth-order valence-corrected chi connectivity index (χ4v) is 3.57. The maximum Gasteiger partial charge on any atom is 0.311 e. The number of nitrogens with one attached hydrogen (secondary N) is 1. The standard InChI is InChI=1S/C18H21ClN2O4/c19-13-5-7-14(8-6-13)20-16(22)11-25-18(24)12-9-17(23)21(10-12)15-3-1-2-4-15/h5-8,12,15H,1-4,9-11H2,(H,20,22)/t12-/m1/s1. The largest absolute Gasteiger partial charge is 0.455 e. The van der Waals surface area contributed by atoms with Gasteiger partial charge in [0, 0.05) is 29.7 Å². The molecule has 134 valence electrons. The summed E-state index contributed by atoms with van der Waals surface area (Å²) >= 11 is 5.78. The monoisotopic (exact) mass is 364 g/mol. The number of esters is 1. The molecule has 1 aromatic carbocycles. The fraction of sp³-hybridized carbons (Fsp3) is 0.500. The van der Waals surface area contributed by atoms with Crippen molar-refractivity contribution in [3.05, 3.63) is 29.3 Å². The molecule has 0 bridgehead atoms. The molecule has 1 N–H and O–H groups in total. The van der Waals surface area contributed by atoms with Gasteiger partial charge in [0.1, 0.15) is 0 Å². The molecule has 6 nitrogen and oxygen atoms in total. The van der Waals surface area contributed by atoms with E-state index in [1.807, 2.05) is 4.90 Å². The van der Waals surface area contributed by atoms with Crippen molar-refractivity contribution in [2.24, 2.45) is 5.92 Å². The average molecular weight is 365 g/mol. The Hall–Kier alpha value is -2.08. The van der Waals surface area contributed by atoms with Gasteiger partial charge in [-0.3, -0.25) is 14.4 Å². The first kappa shape index (κ1) is 17.7. The van der Waals surface area contributed by atoms with Crippen LogP contribution in [0.3, 0.4) is 0 Å². The number of rotatable bonds is 5. The van der Waals surface area contributed by atoms with Crippen LogP contribution in [0, 0.1) is 5.92 Å². The maximum atomic E-state index is 12.2. The predicted molar refractivity (Wildman–Crippen MR) is 93.1 cm³/mol. The van der Waals surface area contributed by atoms with Crippen molar-refractivity contribution in [1.29, 1.82) is 0 Å². The summed E-state index contributed by atoms with van der Waals surface area (Å²) in [5, 5.41) is 3.20. The molecule has 1 saturated carbocycles. The Morgan fingerprint density at radius 2 is 1.88 bits per heavy atom. The molecule has 1 aliphatic heterocycles.